The first-order valence-corrected chi connectivity index (χ1v) is 9.80. The van der Waals surface area contributed by atoms with E-state index in [1.165, 1.54) is 15.6 Å². The van der Waals surface area contributed by atoms with E-state index >= 15 is 0 Å². The molecule has 0 saturated carbocycles. The van der Waals surface area contributed by atoms with E-state index in [-0.39, 0.29) is 24.5 Å². The van der Waals surface area contributed by atoms with Crippen LogP contribution in [0.3, 0.4) is 0 Å². The quantitative estimate of drug-likeness (QED) is 0.870. The zero-order valence-corrected chi connectivity index (χ0v) is 14.5. The fourth-order valence-corrected chi connectivity index (χ4v) is 5.33. The maximum absolute atomic E-state index is 12.9. The monoisotopic (exact) mass is 356 g/mol. The molecule has 8 heteroatoms. The number of hydrogen-bond donors (Lipinski definition) is 2. The first kappa shape index (κ1) is 16.8. The molecule has 2 aromatic rings. The summed E-state index contributed by atoms with van der Waals surface area (Å²) in [4.78, 5) is 4.60. The molecule has 0 radical (unpaired) electrons. The van der Waals surface area contributed by atoms with Gasteiger partial charge in [0.25, 0.3) is 0 Å². The number of hydrogen-bond acceptors (Lipinski definition) is 6. The van der Waals surface area contributed by atoms with Crippen LogP contribution in [-0.4, -0.2) is 53.2 Å². The fourth-order valence-electron chi connectivity index (χ4n) is 2.88. The van der Waals surface area contributed by atoms with Gasteiger partial charge < -0.3 is 10.2 Å². The Bertz CT molecular complexity index is 818. The van der Waals surface area contributed by atoms with Crippen LogP contribution < -0.4 is 0 Å². The maximum atomic E-state index is 12.9. The van der Waals surface area contributed by atoms with Gasteiger partial charge in [-0.05, 0) is 44.4 Å². The lowest BCUT2D eigenvalue weighted by molar-refractivity contribution is -0.0244. The number of sulfonamides is 1. The predicted molar refractivity (Wildman–Crippen MR) is 89.0 cm³/mol. The van der Waals surface area contributed by atoms with Gasteiger partial charge in [-0.3, -0.25) is 0 Å². The SMILES string of the molecule is Cc1nc2ccc(S(=O)(=O)N3CCC[C@@](O)(CO)CC3)cc2s1. The lowest BCUT2D eigenvalue weighted by Gasteiger charge is -2.24. The molecule has 1 atom stereocenters. The van der Waals surface area contributed by atoms with E-state index in [9.17, 15) is 18.6 Å². The van der Waals surface area contributed by atoms with Gasteiger partial charge in [-0.1, -0.05) is 0 Å². The molecule has 23 heavy (non-hydrogen) atoms. The summed E-state index contributed by atoms with van der Waals surface area (Å²) in [6, 6.07) is 4.98. The molecule has 0 spiro atoms. The number of aromatic nitrogens is 1. The first-order chi connectivity index (χ1) is 10.8. The highest BCUT2D eigenvalue weighted by atomic mass is 32.2. The van der Waals surface area contributed by atoms with E-state index in [0.717, 1.165) is 15.2 Å². The highest BCUT2D eigenvalue weighted by Gasteiger charge is 2.34. The van der Waals surface area contributed by atoms with Crippen LogP contribution in [0.15, 0.2) is 23.1 Å². The molecular weight excluding hydrogens is 336 g/mol. The number of rotatable bonds is 3. The van der Waals surface area contributed by atoms with E-state index in [1.807, 2.05) is 6.92 Å². The van der Waals surface area contributed by atoms with Crippen molar-refractivity contribution in [2.75, 3.05) is 19.7 Å². The van der Waals surface area contributed by atoms with Crippen LogP contribution >= 0.6 is 11.3 Å². The summed E-state index contributed by atoms with van der Waals surface area (Å²) in [6.07, 6.45) is 1.17. The number of aliphatic hydroxyl groups excluding tert-OH is 1. The van der Waals surface area contributed by atoms with E-state index in [4.69, 9.17) is 0 Å². The molecule has 1 fully saturated rings. The molecule has 0 aliphatic carbocycles. The summed E-state index contributed by atoms with van der Waals surface area (Å²) >= 11 is 1.47. The van der Waals surface area contributed by atoms with Crippen LogP contribution in [-0.2, 0) is 10.0 Å². The van der Waals surface area contributed by atoms with Gasteiger partial charge in [0, 0.05) is 13.1 Å². The molecule has 1 aromatic carbocycles. The predicted octanol–water partition coefficient (Wildman–Crippen LogP) is 1.50. The van der Waals surface area contributed by atoms with Crippen molar-refractivity contribution in [1.29, 1.82) is 0 Å². The summed E-state index contributed by atoms with van der Waals surface area (Å²) in [6.45, 7) is 2.11. The van der Waals surface area contributed by atoms with Crippen LogP contribution in [0.1, 0.15) is 24.3 Å². The van der Waals surface area contributed by atoms with E-state index in [2.05, 4.69) is 4.98 Å². The van der Waals surface area contributed by atoms with Crippen molar-refractivity contribution in [2.45, 2.75) is 36.7 Å². The Labute approximate surface area is 139 Å². The smallest absolute Gasteiger partial charge is 0.243 e. The second kappa shape index (κ2) is 6.10. The van der Waals surface area contributed by atoms with Gasteiger partial charge >= 0.3 is 0 Å². The molecule has 2 N–H and O–H groups in total. The normalized spacial score (nSPS) is 24.0. The lowest BCUT2D eigenvalue weighted by atomic mass is 9.96. The first-order valence-electron chi connectivity index (χ1n) is 7.55. The van der Waals surface area contributed by atoms with Crippen molar-refractivity contribution in [2.24, 2.45) is 0 Å². The Morgan fingerprint density at radius 2 is 2.13 bits per heavy atom. The van der Waals surface area contributed by atoms with Crippen molar-refractivity contribution >= 4 is 31.6 Å². The van der Waals surface area contributed by atoms with Gasteiger partial charge in [-0.15, -0.1) is 11.3 Å². The number of fused-ring (bicyclic) bond motifs is 1. The van der Waals surface area contributed by atoms with Gasteiger partial charge in [0.05, 0.1) is 32.3 Å². The van der Waals surface area contributed by atoms with Crippen LogP contribution in [0.4, 0.5) is 0 Å². The van der Waals surface area contributed by atoms with Crippen LogP contribution in [0.5, 0.6) is 0 Å². The van der Waals surface area contributed by atoms with Gasteiger partial charge in [0.15, 0.2) is 0 Å². The summed E-state index contributed by atoms with van der Waals surface area (Å²) in [5.74, 6) is 0. The van der Waals surface area contributed by atoms with E-state index in [0.29, 0.717) is 19.4 Å². The minimum Gasteiger partial charge on any atom is -0.393 e. The Kier molecular flexibility index (Phi) is 4.45. The van der Waals surface area contributed by atoms with E-state index in [1.54, 1.807) is 18.2 Å². The molecule has 1 aliphatic rings. The van der Waals surface area contributed by atoms with Gasteiger partial charge in [0.2, 0.25) is 10.0 Å². The van der Waals surface area contributed by atoms with Crippen molar-refractivity contribution in [3.8, 4) is 0 Å². The Morgan fingerprint density at radius 3 is 2.87 bits per heavy atom. The maximum Gasteiger partial charge on any atom is 0.243 e. The summed E-state index contributed by atoms with van der Waals surface area (Å²) < 4.78 is 28.0. The van der Waals surface area contributed by atoms with Crippen LogP contribution in [0, 0.1) is 6.92 Å². The summed E-state index contributed by atoms with van der Waals surface area (Å²) in [5.41, 5.74) is -0.375. The fraction of sp³-hybridized carbons (Fsp3) is 0.533. The lowest BCUT2D eigenvalue weighted by Crippen LogP contribution is -2.36. The third kappa shape index (κ3) is 3.27. The molecule has 126 valence electrons. The van der Waals surface area contributed by atoms with Crippen molar-refractivity contribution in [3.63, 3.8) is 0 Å². The molecule has 6 nitrogen and oxygen atoms in total. The molecule has 1 saturated heterocycles. The molecular formula is C15H20N2O4S2. The average molecular weight is 356 g/mol. The zero-order valence-electron chi connectivity index (χ0n) is 12.9. The second-order valence-corrected chi connectivity index (χ2v) is 9.18. The average Bonchev–Trinajstić information content (AvgIpc) is 2.76. The second-order valence-electron chi connectivity index (χ2n) is 6.00. The number of thiazole rings is 1. The van der Waals surface area contributed by atoms with Gasteiger partial charge in [-0.2, -0.15) is 4.31 Å². The van der Waals surface area contributed by atoms with Crippen molar-refractivity contribution in [1.82, 2.24) is 9.29 Å². The molecule has 1 aromatic heterocycles. The molecule has 3 rings (SSSR count). The molecule has 0 unspecified atom stereocenters. The number of aliphatic hydroxyl groups is 2. The highest BCUT2D eigenvalue weighted by molar-refractivity contribution is 7.89. The Balaban J connectivity index is 1.90. The highest BCUT2D eigenvalue weighted by Crippen LogP contribution is 2.29. The van der Waals surface area contributed by atoms with E-state index < -0.39 is 15.6 Å². The van der Waals surface area contributed by atoms with Crippen LogP contribution in [0.25, 0.3) is 10.2 Å². The van der Waals surface area contributed by atoms with Gasteiger partial charge in [0.1, 0.15) is 0 Å². The number of benzene rings is 1. The molecule has 1 aliphatic heterocycles. The molecule has 0 amide bonds. The standard InChI is InChI=1S/C15H20N2O4S2/c1-11-16-13-4-3-12(9-14(13)22-11)23(20,21)17-7-2-5-15(19,10-18)6-8-17/h3-4,9,18-19H,2,5-8,10H2,1H3/t15-/m0/s1. The largest absolute Gasteiger partial charge is 0.393 e. The van der Waals surface area contributed by atoms with Crippen LogP contribution in [0.2, 0.25) is 0 Å². The third-order valence-corrected chi connectivity index (χ3v) is 7.10. The zero-order chi connectivity index (χ0) is 16.7. The third-order valence-electron chi connectivity index (χ3n) is 4.28. The van der Waals surface area contributed by atoms with Crippen molar-refractivity contribution in [3.05, 3.63) is 23.2 Å². The number of aryl methyl sites for hydroxylation is 1. The number of nitrogens with zero attached hydrogens (tertiary/aromatic N) is 2. The topological polar surface area (TPSA) is 90.7 Å². The minimum atomic E-state index is -3.61. The van der Waals surface area contributed by atoms with Crippen molar-refractivity contribution < 1.29 is 18.6 Å². The molecule has 0 bridgehead atoms. The summed E-state index contributed by atoms with van der Waals surface area (Å²) in [5, 5.41) is 20.4. The Morgan fingerprint density at radius 1 is 1.35 bits per heavy atom. The van der Waals surface area contributed by atoms with Gasteiger partial charge in [-0.25, -0.2) is 13.4 Å². The molecule has 2 heterocycles. The Hall–Kier alpha value is -1.06. The summed E-state index contributed by atoms with van der Waals surface area (Å²) in [7, 11) is -3.61. The minimum absolute atomic E-state index is 0.207.